The van der Waals surface area contributed by atoms with Crippen LogP contribution in [-0.4, -0.2) is 50.9 Å². The van der Waals surface area contributed by atoms with Crippen molar-refractivity contribution >= 4 is 23.4 Å². The molecular formula is C19H16F3N5O4S. The number of hydrogen-bond acceptors (Lipinski definition) is 8. The lowest BCUT2D eigenvalue weighted by Gasteiger charge is -2.19. The molecule has 0 radical (unpaired) electrons. The fourth-order valence-corrected chi connectivity index (χ4v) is 3.59. The van der Waals surface area contributed by atoms with E-state index in [0.29, 0.717) is 41.2 Å². The minimum Gasteiger partial charge on any atom is -0.486 e. The predicted molar refractivity (Wildman–Crippen MR) is 107 cm³/mol. The highest BCUT2D eigenvalue weighted by Gasteiger charge is 2.31. The minimum absolute atomic E-state index is 0.291. The van der Waals surface area contributed by atoms with Gasteiger partial charge in [0.15, 0.2) is 11.5 Å². The van der Waals surface area contributed by atoms with Crippen LogP contribution in [0.4, 0.5) is 18.9 Å². The highest BCUT2D eigenvalue weighted by Crippen LogP contribution is 2.33. The number of rotatable bonds is 6. The van der Waals surface area contributed by atoms with Gasteiger partial charge in [-0.25, -0.2) is 0 Å². The van der Waals surface area contributed by atoms with Crippen molar-refractivity contribution in [1.29, 1.82) is 0 Å². The van der Waals surface area contributed by atoms with Crippen molar-refractivity contribution in [2.24, 2.45) is 0 Å². The van der Waals surface area contributed by atoms with Crippen molar-refractivity contribution in [3.8, 4) is 22.9 Å². The Morgan fingerprint density at radius 3 is 2.59 bits per heavy atom. The van der Waals surface area contributed by atoms with Crippen LogP contribution in [0.3, 0.4) is 0 Å². The van der Waals surface area contributed by atoms with Gasteiger partial charge in [-0.15, -0.1) is 18.3 Å². The maximum atomic E-state index is 12.6. The van der Waals surface area contributed by atoms with Gasteiger partial charge >= 0.3 is 6.36 Å². The molecule has 2 aromatic carbocycles. The third-order valence-corrected chi connectivity index (χ3v) is 5.25. The SMILES string of the molecule is CC(Sc1nnnn1-c1ccc(OC(F)(F)F)cc1)C(=O)Nc1ccc2c(c1)OCCO2. The first-order valence-electron chi connectivity index (χ1n) is 9.30. The Bertz CT molecular complexity index is 1110. The second-order valence-corrected chi connectivity index (χ2v) is 7.83. The number of aromatic nitrogens is 4. The molecule has 1 unspecified atom stereocenters. The monoisotopic (exact) mass is 467 g/mol. The molecule has 2 heterocycles. The molecule has 3 aromatic rings. The maximum absolute atomic E-state index is 12.6. The summed E-state index contributed by atoms with van der Waals surface area (Å²) < 4.78 is 53.1. The summed E-state index contributed by atoms with van der Waals surface area (Å²) in [7, 11) is 0. The zero-order chi connectivity index (χ0) is 22.7. The fourth-order valence-electron chi connectivity index (χ4n) is 2.78. The smallest absolute Gasteiger partial charge is 0.486 e. The van der Waals surface area contributed by atoms with Crippen molar-refractivity contribution in [1.82, 2.24) is 20.2 Å². The van der Waals surface area contributed by atoms with Crippen LogP contribution < -0.4 is 19.5 Å². The third-order valence-electron chi connectivity index (χ3n) is 4.22. The molecule has 1 aliphatic rings. The van der Waals surface area contributed by atoms with E-state index in [4.69, 9.17) is 9.47 Å². The Morgan fingerprint density at radius 1 is 1.16 bits per heavy atom. The molecule has 4 rings (SSSR count). The van der Waals surface area contributed by atoms with Gasteiger partial charge in [-0.05, 0) is 53.7 Å². The van der Waals surface area contributed by atoms with Crippen molar-refractivity contribution in [3.63, 3.8) is 0 Å². The summed E-state index contributed by atoms with van der Waals surface area (Å²) in [6, 6.07) is 10.2. The molecular weight excluding hydrogens is 451 g/mol. The summed E-state index contributed by atoms with van der Waals surface area (Å²) in [5.41, 5.74) is 0.956. The number of thioether (sulfide) groups is 1. The number of nitrogens with zero attached hydrogens (tertiary/aromatic N) is 4. The van der Waals surface area contributed by atoms with Crippen LogP contribution in [-0.2, 0) is 4.79 Å². The number of benzene rings is 2. The maximum Gasteiger partial charge on any atom is 0.573 e. The van der Waals surface area contributed by atoms with Gasteiger partial charge in [0.2, 0.25) is 11.1 Å². The van der Waals surface area contributed by atoms with Crippen LogP contribution in [0.2, 0.25) is 0 Å². The lowest BCUT2D eigenvalue weighted by Crippen LogP contribution is -2.23. The summed E-state index contributed by atoms with van der Waals surface area (Å²) >= 11 is 1.09. The summed E-state index contributed by atoms with van der Waals surface area (Å²) in [6.45, 7) is 2.58. The highest BCUT2D eigenvalue weighted by molar-refractivity contribution is 8.00. The van der Waals surface area contributed by atoms with Crippen LogP contribution in [0.25, 0.3) is 5.69 Å². The molecule has 168 valence electrons. The van der Waals surface area contributed by atoms with Crippen LogP contribution in [0.15, 0.2) is 47.6 Å². The number of tetrazole rings is 1. The number of amides is 1. The molecule has 0 saturated carbocycles. The van der Waals surface area contributed by atoms with Gasteiger partial charge in [0.1, 0.15) is 19.0 Å². The molecule has 13 heteroatoms. The Morgan fingerprint density at radius 2 is 1.88 bits per heavy atom. The van der Waals surface area contributed by atoms with E-state index >= 15 is 0 Å². The number of hydrogen-bond donors (Lipinski definition) is 1. The van der Waals surface area contributed by atoms with E-state index in [0.717, 1.165) is 23.9 Å². The molecule has 32 heavy (non-hydrogen) atoms. The minimum atomic E-state index is -4.78. The van der Waals surface area contributed by atoms with Crippen LogP contribution in [0.1, 0.15) is 6.92 Å². The number of carbonyl (C=O) groups is 1. The van der Waals surface area contributed by atoms with Crippen LogP contribution in [0.5, 0.6) is 17.2 Å². The van der Waals surface area contributed by atoms with E-state index in [9.17, 15) is 18.0 Å². The normalized spacial score (nSPS) is 14.0. The molecule has 1 N–H and O–H groups in total. The summed E-state index contributed by atoms with van der Waals surface area (Å²) in [4.78, 5) is 12.6. The molecule has 1 atom stereocenters. The van der Waals surface area contributed by atoms with Crippen LogP contribution in [0, 0.1) is 0 Å². The Balaban J connectivity index is 1.41. The zero-order valence-corrected chi connectivity index (χ0v) is 17.3. The zero-order valence-electron chi connectivity index (χ0n) is 16.5. The van der Waals surface area contributed by atoms with E-state index in [-0.39, 0.29) is 11.7 Å². The first-order valence-corrected chi connectivity index (χ1v) is 10.2. The molecule has 1 aliphatic heterocycles. The quantitative estimate of drug-likeness (QED) is 0.551. The number of carbonyl (C=O) groups excluding carboxylic acids is 1. The number of alkyl halides is 3. The Labute approximate surface area is 183 Å². The second-order valence-electron chi connectivity index (χ2n) is 6.52. The molecule has 0 fully saturated rings. The largest absolute Gasteiger partial charge is 0.573 e. The Hall–Kier alpha value is -3.48. The topological polar surface area (TPSA) is 100 Å². The summed E-state index contributed by atoms with van der Waals surface area (Å²) in [5.74, 6) is 0.504. The van der Waals surface area contributed by atoms with Gasteiger partial charge < -0.3 is 19.5 Å². The average molecular weight is 467 g/mol. The van der Waals surface area contributed by atoms with Crippen molar-refractivity contribution in [3.05, 3.63) is 42.5 Å². The average Bonchev–Trinajstić information content (AvgIpc) is 3.21. The fraction of sp³-hybridized carbons (Fsp3) is 0.263. The van der Waals surface area contributed by atoms with Gasteiger partial charge in [-0.2, -0.15) is 4.68 Å². The number of ether oxygens (including phenoxy) is 3. The van der Waals surface area contributed by atoms with Crippen molar-refractivity contribution in [2.45, 2.75) is 23.7 Å². The van der Waals surface area contributed by atoms with Gasteiger partial charge in [0.25, 0.3) is 0 Å². The van der Waals surface area contributed by atoms with E-state index in [1.165, 1.54) is 16.8 Å². The number of anilines is 1. The van der Waals surface area contributed by atoms with E-state index in [2.05, 4.69) is 25.6 Å². The van der Waals surface area contributed by atoms with E-state index < -0.39 is 11.6 Å². The number of halogens is 3. The van der Waals surface area contributed by atoms with Crippen LogP contribution >= 0.6 is 11.8 Å². The molecule has 0 aliphatic carbocycles. The lowest BCUT2D eigenvalue weighted by molar-refractivity contribution is -0.274. The van der Waals surface area contributed by atoms with Gasteiger partial charge in [0.05, 0.1) is 10.9 Å². The second kappa shape index (κ2) is 8.94. The molecule has 1 amide bonds. The molecule has 9 nitrogen and oxygen atoms in total. The standard InChI is InChI=1S/C19H16F3N5O4S/c1-11(17(28)23-12-2-7-15-16(10-12)30-9-8-29-15)32-18-24-25-26-27(18)13-3-5-14(6-4-13)31-19(20,21)22/h2-7,10-11H,8-9H2,1H3,(H,23,28). The highest BCUT2D eigenvalue weighted by atomic mass is 32.2. The molecule has 1 aromatic heterocycles. The van der Waals surface area contributed by atoms with Crippen molar-refractivity contribution < 1.29 is 32.2 Å². The van der Waals surface area contributed by atoms with E-state index in [1.807, 2.05) is 0 Å². The first-order chi connectivity index (χ1) is 15.3. The third kappa shape index (κ3) is 5.22. The summed E-state index contributed by atoms with van der Waals surface area (Å²) in [5, 5.41) is 13.8. The molecule has 0 spiro atoms. The number of nitrogens with one attached hydrogen (secondary N) is 1. The molecule has 0 saturated heterocycles. The van der Waals surface area contributed by atoms with E-state index in [1.54, 1.807) is 25.1 Å². The predicted octanol–water partition coefficient (Wildman–Crippen LogP) is 3.45. The summed E-state index contributed by atoms with van der Waals surface area (Å²) in [6.07, 6.45) is -4.78. The first kappa shape index (κ1) is 21.7. The van der Waals surface area contributed by atoms with Crippen molar-refractivity contribution in [2.75, 3.05) is 18.5 Å². The lowest BCUT2D eigenvalue weighted by atomic mass is 10.2. The number of fused-ring (bicyclic) bond motifs is 1. The van der Waals surface area contributed by atoms with Gasteiger partial charge in [0, 0.05) is 11.8 Å². The molecule has 0 bridgehead atoms. The Kier molecular flexibility index (Phi) is 6.08. The van der Waals surface area contributed by atoms with Gasteiger partial charge in [-0.1, -0.05) is 11.8 Å². The van der Waals surface area contributed by atoms with Gasteiger partial charge in [-0.3, -0.25) is 4.79 Å².